The standard InChI is InChI=1S/C17H27ClN2/c1-17(2)9-7-16(8-10-17)20(3)12-11-19-15-6-4-5-14(18)13-15/h4-6,13,16,19H,7-12H2,1-3H3. The van der Waals surface area contributed by atoms with Gasteiger partial charge in [-0.1, -0.05) is 31.5 Å². The molecule has 1 aliphatic carbocycles. The van der Waals surface area contributed by atoms with Crippen LogP contribution in [0.4, 0.5) is 5.69 Å². The van der Waals surface area contributed by atoms with Gasteiger partial charge in [0.25, 0.3) is 0 Å². The van der Waals surface area contributed by atoms with E-state index in [9.17, 15) is 0 Å². The zero-order chi connectivity index (χ0) is 14.6. The first-order chi connectivity index (χ1) is 9.46. The van der Waals surface area contributed by atoms with Crippen LogP contribution in [0.1, 0.15) is 39.5 Å². The highest BCUT2D eigenvalue weighted by molar-refractivity contribution is 6.30. The van der Waals surface area contributed by atoms with Crippen LogP contribution in [0.15, 0.2) is 24.3 Å². The van der Waals surface area contributed by atoms with Gasteiger partial charge in [0.1, 0.15) is 0 Å². The topological polar surface area (TPSA) is 15.3 Å². The Kier molecular flexibility index (Phi) is 5.34. The monoisotopic (exact) mass is 294 g/mol. The fourth-order valence-electron chi connectivity index (χ4n) is 2.98. The predicted molar refractivity (Wildman–Crippen MR) is 88.6 cm³/mol. The van der Waals surface area contributed by atoms with Gasteiger partial charge in [-0.25, -0.2) is 0 Å². The lowest BCUT2D eigenvalue weighted by atomic mass is 9.75. The molecule has 0 unspecified atom stereocenters. The Morgan fingerprint density at radius 3 is 2.65 bits per heavy atom. The van der Waals surface area contributed by atoms with Crippen molar-refractivity contribution in [3.05, 3.63) is 29.3 Å². The Hall–Kier alpha value is -0.730. The van der Waals surface area contributed by atoms with Crippen LogP contribution in [0.2, 0.25) is 5.02 Å². The van der Waals surface area contributed by atoms with E-state index in [4.69, 9.17) is 11.6 Å². The molecule has 112 valence electrons. The third-order valence-corrected chi connectivity index (χ3v) is 4.79. The van der Waals surface area contributed by atoms with Gasteiger partial charge in [-0.05, 0) is 56.3 Å². The zero-order valence-electron chi connectivity index (χ0n) is 13.0. The van der Waals surface area contributed by atoms with Gasteiger partial charge in [0.05, 0.1) is 0 Å². The van der Waals surface area contributed by atoms with E-state index in [1.165, 1.54) is 25.7 Å². The first kappa shape index (κ1) is 15.7. The van der Waals surface area contributed by atoms with Crippen molar-refractivity contribution in [3.8, 4) is 0 Å². The van der Waals surface area contributed by atoms with Gasteiger partial charge >= 0.3 is 0 Å². The lowest BCUT2D eigenvalue weighted by molar-refractivity contribution is 0.131. The van der Waals surface area contributed by atoms with E-state index < -0.39 is 0 Å². The molecule has 1 aliphatic rings. The van der Waals surface area contributed by atoms with Crippen molar-refractivity contribution in [2.75, 3.05) is 25.5 Å². The number of benzene rings is 1. The summed E-state index contributed by atoms with van der Waals surface area (Å²) >= 11 is 5.98. The van der Waals surface area contributed by atoms with E-state index in [0.717, 1.165) is 29.8 Å². The highest BCUT2D eigenvalue weighted by Gasteiger charge is 2.28. The van der Waals surface area contributed by atoms with E-state index >= 15 is 0 Å². The van der Waals surface area contributed by atoms with Crippen molar-refractivity contribution < 1.29 is 0 Å². The van der Waals surface area contributed by atoms with Gasteiger partial charge in [0.2, 0.25) is 0 Å². The molecule has 0 amide bonds. The molecule has 0 radical (unpaired) electrons. The molecule has 20 heavy (non-hydrogen) atoms. The molecule has 1 saturated carbocycles. The van der Waals surface area contributed by atoms with Crippen molar-refractivity contribution in [1.29, 1.82) is 0 Å². The summed E-state index contributed by atoms with van der Waals surface area (Å²) in [5.74, 6) is 0. The van der Waals surface area contributed by atoms with Crippen molar-refractivity contribution in [2.24, 2.45) is 5.41 Å². The molecule has 2 rings (SSSR count). The van der Waals surface area contributed by atoms with Crippen LogP contribution in [-0.4, -0.2) is 31.1 Å². The molecule has 0 aliphatic heterocycles. The second kappa shape index (κ2) is 6.82. The molecule has 1 aromatic carbocycles. The third kappa shape index (κ3) is 4.68. The van der Waals surface area contributed by atoms with Gasteiger partial charge in [-0.15, -0.1) is 0 Å². The van der Waals surface area contributed by atoms with Crippen LogP contribution in [0.25, 0.3) is 0 Å². The molecule has 1 N–H and O–H groups in total. The number of likely N-dealkylation sites (N-methyl/N-ethyl adjacent to an activating group) is 1. The van der Waals surface area contributed by atoms with E-state index in [2.05, 4.69) is 37.2 Å². The van der Waals surface area contributed by atoms with Crippen LogP contribution in [0.3, 0.4) is 0 Å². The lowest BCUT2D eigenvalue weighted by Gasteiger charge is -2.38. The summed E-state index contributed by atoms with van der Waals surface area (Å²) in [6, 6.07) is 8.68. The van der Waals surface area contributed by atoms with E-state index in [1.54, 1.807) is 0 Å². The number of hydrogen-bond acceptors (Lipinski definition) is 2. The van der Waals surface area contributed by atoms with Gasteiger partial charge in [-0.3, -0.25) is 0 Å². The number of halogens is 1. The summed E-state index contributed by atoms with van der Waals surface area (Å²) in [6.45, 7) is 6.84. The van der Waals surface area contributed by atoms with Gasteiger partial charge in [-0.2, -0.15) is 0 Å². The zero-order valence-corrected chi connectivity index (χ0v) is 13.7. The molecule has 0 aromatic heterocycles. The Bertz CT molecular complexity index is 421. The molecule has 1 aromatic rings. The van der Waals surface area contributed by atoms with Gasteiger partial charge in [0.15, 0.2) is 0 Å². The molecule has 0 atom stereocenters. The summed E-state index contributed by atoms with van der Waals surface area (Å²) in [4.78, 5) is 2.51. The molecule has 1 fully saturated rings. The SMILES string of the molecule is CN(CCNc1cccc(Cl)c1)C1CCC(C)(C)CC1. The van der Waals surface area contributed by atoms with Gasteiger partial charge in [0, 0.05) is 29.8 Å². The van der Waals surface area contributed by atoms with Gasteiger partial charge < -0.3 is 10.2 Å². The number of anilines is 1. The lowest BCUT2D eigenvalue weighted by Crippen LogP contribution is -2.39. The minimum Gasteiger partial charge on any atom is -0.384 e. The van der Waals surface area contributed by atoms with Crippen LogP contribution in [0, 0.1) is 5.41 Å². The molecular weight excluding hydrogens is 268 g/mol. The molecule has 0 spiro atoms. The first-order valence-electron chi connectivity index (χ1n) is 7.66. The number of nitrogens with zero attached hydrogens (tertiary/aromatic N) is 1. The summed E-state index contributed by atoms with van der Waals surface area (Å²) in [5.41, 5.74) is 1.66. The summed E-state index contributed by atoms with van der Waals surface area (Å²) in [5, 5.41) is 4.24. The van der Waals surface area contributed by atoms with Crippen LogP contribution < -0.4 is 5.32 Å². The van der Waals surface area contributed by atoms with E-state index in [1.807, 2.05) is 18.2 Å². The second-order valence-electron chi connectivity index (χ2n) is 6.81. The Balaban J connectivity index is 1.71. The summed E-state index contributed by atoms with van der Waals surface area (Å²) in [6.07, 6.45) is 5.37. The minimum atomic E-state index is 0.552. The summed E-state index contributed by atoms with van der Waals surface area (Å²) in [7, 11) is 2.25. The average molecular weight is 295 g/mol. The fourth-order valence-corrected chi connectivity index (χ4v) is 3.17. The maximum Gasteiger partial charge on any atom is 0.0426 e. The second-order valence-corrected chi connectivity index (χ2v) is 7.25. The fraction of sp³-hybridized carbons (Fsp3) is 0.647. The van der Waals surface area contributed by atoms with Crippen LogP contribution in [0.5, 0.6) is 0 Å². The molecule has 0 bridgehead atoms. The Morgan fingerprint density at radius 1 is 1.30 bits per heavy atom. The maximum absolute atomic E-state index is 5.98. The third-order valence-electron chi connectivity index (χ3n) is 4.55. The highest BCUT2D eigenvalue weighted by atomic mass is 35.5. The number of hydrogen-bond donors (Lipinski definition) is 1. The minimum absolute atomic E-state index is 0.552. The molecular formula is C17H27ClN2. The Morgan fingerprint density at radius 2 is 2.00 bits per heavy atom. The van der Waals surface area contributed by atoms with Crippen molar-refractivity contribution in [1.82, 2.24) is 4.90 Å². The van der Waals surface area contributed by atoms with E-state index in [0.29, 0.717) is 5.41 Å². The molecule has 3 heteroatoms. The number of rotatable bonds is 5. The van der Waals surface area contributed by atoms with E-state index in [-0.39, 0.29) is 0 Å². The predicted octanol–water partition coefficient (Wildman–Crippen LogP) is 4.65. The molecule has 0 heterocycles. The van der Waals surface area contributed by atoms with Crippen molar-refractivity contribution >= 4 is 17.3 Å². The smallest absolute Gasteiger partial charge is 0.0426 e. The largest absolute Gasteiger partial charge is 0.384 e. The summed E-state index contributed by atoms with van der Waals surface area (Å²) < 4.78 is 0. The quantitative estimate of drug-likeness (QED) is 0.850. The van der Waals surface area contributed by atoms with Crippen LogP contribution in [-0.2, 0) is 0 Å². The van der Waals surface area contributed by atoms with Crippen molar-refractivity contribution in [3.63, 3.8) is 0 Å². The highest BCUT2D eigenvalue weighted by Crippen LogP contribution is 2.36. The van der Waals surface area contributed by atoms with Crippen LogP contribution >= 0.6 is 11.6 Å². The number of nitrogens with one attached hydrogen (secondary N) is 1. The Labute approximate surface area is 128 Å². The molecule has 0 saturated heterocycles. The first-order valence-corrected chi connectivity index (χ1v) is 8.04. The molecule has 2 nitrogen and oxygen atoms in total. The van der Waals surface area contributed by atoms with Crippen molar-refractivity contribution in [2.45, 2.75) is 45.6 Å². The normalized spacial score (nSPS) is 19.2. The average Bonchev–Trinajstić information content (AvgIpc) is 2.38. The maximum atomic E-state index is 5.98.